The standard InChI is InChI=1S/C29H38BrN/c30-25-17-18-28-27(20-25)26-14-6-13-24(29(26)31-28)19-23-12-5-11-22(15-16-23)10-4-9-21-7-2-1-3-8-21/h1-2,7,17-18,20,22-24,31H,3-6,8-16,19H2. The van der Waals surface area contributed by atoms with Crippen LogP contribution in [0.3, 0.4) is 0 Å². The van der Waals surface area contributed by atoms with Crippen molar-refractivity contribution in [1.29, 1.82) is 0 Å². The van der Waals surface area contributed by atoms with Crippen molar-refractivity contribution in [3.63, 3.8) is 0 Å². The van der Waals surface area contributed by atoms with Crippen molar-refractivity contribution in [1.82, 2.24) is 4.98 Å². The zero-order chi connectivity index (χ0) is 21.0. The number of aromatic nitrogens is 1. The molecule has 1 heterocycles. The lowest BCUT2D eigenvalue weighted by Gasteiger charge is -2.26. The molecule has 2 aromatic rings. The lowest BCUT2D eigenvalue weighted by molar-refractivity contribution is 0.353. The van der Waals surface area contributed by atoms with Crippen LogP contribution in [0.4, 0.5) is 0 Å². The molecule has 3 aliphatic carbocycles. The van der Waals surface area contributed by atoms with Crippen LogP contribution in [0.1, 0.15) is 101 Å². The summed E-state index contributed by atoms with van der Waals surface area (Å²) in [6.07, 6.45) is 26.4. The minimum Gasteiger partial charge on any atom is -0.358 e. The van der Waals surface area contributed by atoms with Crippen LogP contribution in [0, 0.1) is 11.8 Å². The van der Waals surface area contributed by atoms with E-state index in [1.807, 2.05) is 0 Å². The van der Waals surface area contributed by atoms with Crippen LogP contribution in [0.5, 0.6) is 0 Å². The summed E-state index contributed by atoms with van der Waals surface area (Å²) < 4.78 is 1.20. The van der Waals surface area contributed by atoms with Crippen molar-refractivity contribution < 1.29 is 0 Å². The van der Waals surface area contributed by atoms with E-state index in [0.29, 0.717) is 0 Å². The topological polar surface area (TPSA) is 15.8 Å². The van der Waals surface area contributed by atoms with Crippen LogP contribution in [0.15, 0.2) is 46.5 Å². The highest BCUT2D eigenvalue weighted by molar-refractivity contribution is 9.10. The Morgan fingerprint density at radius 3 is 2.77 bits per heavy atom. The molecule has 166 valence electrons. The van der Waals surface area contributed by atoms with Gasteiger partial charge in [-0.25, -0.2) is 0 Å². The molecule has 0 amide bonds. The molecule has 1 nitrogen and oxygen atoms in total. The number of aromatic amines is 1. The number of allylic oxidation sites excluding steroid dienone is 4. The summed E-state index contributed by atoms with van der Waals surface area (Å²) in [5.74, 6) is 2.67. The number of hydrogen-bond donors (Lipinski definition) is 1. The average Bonchev–Trinajstić information content (AvgIpc) is 3.01. The normalized spacial score (nSPS) is 26.5. The largest absolute Gasteiger partial charge is 0.358 e. The van der Waals surface area contributed by atoms with Gasteiger partial charge in [-0.05, 0) is 92.9 Å². The molecule has 0 aliphatic heterocycles. The highest BCUT2D eigenvalue weighted by Crippen LogP contribution is 2.42. The van der Waals surface area contributed by atoms with Crippen molar-refractivity contribution in [2.24, 2.45) is 11.8 Å². The minimum absolute atomic E-state index is 0.753. The maximum Gasteiger partial charge on any atom is 0.0459 e. The Bertz CT molecular complexity index is 949. The summed E-state index contributed by atoms with van der Waals surface area (Å²) in [7, 11) is 0. The van der Waals surface area contributed by atoms with Gasteiger partial charge in [-0.15, -0.1) is 0 Å². The Morgan fingerprint density at radius 1 is 0.968 bits per heavy atom. The fourth-order valence-electron chi connectivity index (χ4n) is 6.62. The van der Waals surface area contributed by atoms with Gasteiger partial charge in [-0.2, -0.15) is 0 Å². The van der Waals surface area contributed by atoms with Gasteiger partial charge in [-0.3, -0.25) is 0 Å². The SMILES string of the molecule is Brc1ccc2[nH]c3c(c2c1)CCCC3CC1CCCC(CCCC2=CC=CCC2)CC1. The summed E-state index contributed by atoms with van der Waals surface area (Å²) in [6.45, 7) is 0. The van der Waals surface area contributed by atoms with E-state index in [1.54, 1.807) is 16.8 Å². The van der Waals surface area contributed by atoms with Crippen LogP contribution in [-0.4, -0.2) is 4.98 Å². The first-order chi connectivity index (χ1) is 15.3. The van der Waals surface area contributed by atoms with Crippen LogP contribution < -0.4 is 0 Å². The highest BCUT2D eigenvalue weighted by atomic mass is 79.9. The molecular weight excluding hydrogens is 442 g/mol. The van der Waals surface area contributed by atoms with Gasteiger partial charge in [-0.1, -0.05) is 78.3 Å². The second-order valence-corrected chi connectivity index (χ2v) is 11.4. The quantitative estimate of drug-likeness (QED) is 0.397. The molecular formula is C29H38BrN. The molecule has 3 aliphatic rings. The van der Waals surface area contributed by atoms with Gasteiger partial charge in [0.1, 0.15) is 0 Å². The van der Waals surface area contributed by atoms with Gasteiger partial charge in [0.15, 0.2) is 0 Å². The summed E-state index contributed by atoms with van der Waals surface area (Å²) in [4.78, 5) is 3.84. The lowest BCUT2D eigenvalue weighted by Crippen LogP contribution is -2.13. The van der Waals surface area contributed by atoms with Crippen LogP contribution in [0.25, 0.3) is 10.9 Å². The third kappa shape index (κ3) is 5.21. The monoisotopic (exact) mass is 479 g/mol. The van der Waals surface area contributed by atoms with Gasteiger partial charge in [0.2, 0.25) is 0 Å². The van der Waals surface area contributed by atoms with E-state index < -0.39 is 0 Å². The molecule has 0 saturated heterocycles. The van der Waals surface area contributed by atoms with Crippen LogP contribution in [0.2, 0.25) is 0 Å². The van der Waals surface area contributed by atoms with E-state index in [1.165, 1.54) is 105 Å². The second kappa shape index (κ2) is 10.1. The van der Waals surface area contributed by atoms with E-state index in [9.17, 15) is 0 Å². The van der Waals surface area contributed by atoms with Gasteiger partial charge < -0.3 is 4.98 Å². The smallest absolute Gasteiger partial charge is 0.0459 e. The Labute approximate surface area is 196 Å². The van der Waals surface area contributed by atoms with E-state index in [-0.39, 0.29) is 0 Å². The fraction of sp³-hybridized carbons (Fsp3) is 0.586. The molecule has 3 atom stereocenters. The number of rotatable bonds is 6. The number of H-pyrrole nitrogens is 1. The first kappa shape index (κ1) is 21.6. The molecule has 31 heavy (non-hydrogen) atoms. The van der Waals surface area contributed by atoms with Gasteiger partial charge in [0.05, 0.1) is 0 Å². The molecule has 2 heteroatoms. The van der Waals surface area contributed by atoms with Crippen molar-refractivity contribution in [2.75, 3.05) is 0 Å². The van der Waals surface area contributed by atoms with E-state index >= 15 is 0 Å². The summed E-state index contributed by atoms with van der Waals surface area (Å²) in [5.41, 5.74) is 6.22. The van der Waals surface area contributed by atoms with Crippen molar-refractivity contribution in [3.8, 4) is 0 Å². The summed E-state index contributed by atoms with van der Waals surface area (Å²) >= 11 is 3.67. The molecule has 5 rings (SSSR count). The van der Waals surface area contributed by atoms with Crippen molar-refractivity contribution >= 4 is 26.8 Å². The predicted molar refractivity (Wildman–Crippen MR) is 137 cm³/mol. The van der Waals surface area contributed by atoms with E-state index in [0.717, 1.165) is 17.8 Å². The predicted octanol–water partition coefficient (Wildman–Crippen LogP) is 9.38. The number of hydrogen-bond acceptors (Lipinski definition) is 0. The van der Waals surface area contributed by atoms with Gasteiger partial charge >= 0.3 is 0 Å². The maximum absolute atomic E-state index is 3.84. The molecule has 1 fully saturated rings. The molecule has 0 radical (unpaired) electrons. The molecule has 1 N–H and O–H groups in total. The third-order valence-electron chi connectivity index (χ3n) is 8.32. The fourth-order valence-corrected chi connectivity index (χ4v) is 6.99. The van der Waals surface area contributed by atoms with Crippen molar-refractivity contribution in [3.05, 3.63) is 57.7 Å². The van der Waals surface area contributed by atoms with Gasteiger partial charge in [0, 0.05) is 21.1 Å². The first-order valence-electron chi connectivity index (χ1n) is 12.9. The maximum atomic E-state index is 3.84. The third-order valence-corrected chi connectivity index (χ3v) is 8.82. The zero-order valence-electron chi connectivity index (χ0n) is 19.0. The molecule has 1 aromatic carbocycles. The first-order valence-corrected chi connectivity index (χ1v) is 13.7. The molecule has 0 bridgehead atoms. The number of benzene rings is 1. The zero-order valence-corrected chi connectivity index (χ0v) is 20.6. The Hall–Kier alpha value is -1.28. The summed E-state index contributed by atoms with van der Waals surface area (Å²) in [5, 5.41) is 1.46. The lowest BCUT2D eigenvalue weighted by atomic mass is 9.79. The summed E-state index contributed by atoms with van der Waals surface area (Å²) in [6, 6.07) is 6.75. The molecule has 0 spiro atoms. The molecule has 1 aromatic heterocycles. The highest BCUT2D eigenvalue weighted by Gasteiger charge is 2.28. The van der Waals surface area contributed by atoms with Crippen molar-refractivity contribution in [2.45, 2.75) is 95.8 Å². The van der Waals surface area contributed by atoms with E-state index in [2.05, 4.69) is 57.3 Å². The number of halogens is 1. The number of aryl methyl sites for hydroxylation is 1. The number of fused-ring (bicyclic) bond motifs is 3. The minimum atomic E-state index is 0.753. The van der Waals surface area contributed by atoms with Crippen LogP contribution >= 0.6 is 15.9 Å². The Morgan fingerprint density at radius 2 is 1.87 bits per heavy atom. The van der Waals surface area contributed by atoms with Crippen LogP contribution in [-0.2, 0) is 6.42 Å². The van der Waals surface area contributed by atoms with E-state index in [4.69, 9.17) is 0 Å². The second-order valence-electron chi connectivity index (χ2n) is 10.5. The number of nitrogens with one attached hydrogen (secondary N) is 1. The Kier molecular flexibility index (Phi) is 7.03. The van der Waals surface area contributed by atoms with Gasteiger partial charge in [0.25, 0.3) is 0 Å². The average molecular weight is 481 g/mol. The Balaban J connectivity index is 1.16. The molecule has 3 unspecified atom stereocenters. The molecule has 1 saturated carbocycles.